The number of hydrogen-bond acceptors (Lipinski definition) is 8. The molecule has 0 saturated heterocycles. The minimum absolute atomic E-state index is 0.0708. The summed E-state index contributed by atoms with van der Waals surface area (Å²) in [5, 5.41) is 10.6. The number of halogens is 2. The molecule has 44 heavy (non-hydrogen) atoms. The van der Waals surface area contributed by atoms with Crippen molar-refractivity contribution >= 4 is 17.6 Å². The van der Waals surface area contributed by atoms with Gasteiger partial charge in [0.2, 0.25) is 5.88 Å². The molecule has 0 amide bonds. The normalized spacial score (nSPS) is 14.5. The molecule has 0 spiro atoms. The average Bonchev–Trinajstić information content (AvgIpc) is 3.01. The summed E-state index contributed by atoms with van der Waals surface area (Å²) in [6.07, 6.45) is -0.976. The van der Waals surface area contributed by atoms with Crippen LogP contribution in [-0.4, -0.2) is 18.7 Å². The third-order valence-electron chi connectivity index (χ3n) is 6.81. The summed E-state index contributed by atoms with van der Waals surface area (Å²) in [5.74, 6) is 0.0792. The van der Waals surface area contributed by atoms with Crippen molar-refractivity contribution in [2.24, 2.45) is 5.73 Å². The Morgan fingerprint density at radius 1 is 1.02 bits per heavy atom. The Balaban J connectivity index is 1.39. The first-order valence-electron chi connectivity index (χ1n) is 13.8. The first kappa shape index (κ1) is 30.3. The topological polar surface area (TPSA) is 113 Å². The highest BCUT2D eigenvalue weighted by Gasteiger charge is 2.32. The maximum Gasteiger partial charge on any atom is 0.352 e. The van der Waals surface area contributed by atoms with E-state index in [1.54, 1.807) is 30.3 Å². The summed E-state index contributed by atoms with van der Waals surface area (Å²) in [5.41, 5.74) is 8.59. The van der Waals surface area contributed by atoms with Crippen LogP contribution in [0.15, 0.2) is 96.4 Å². The SMILES string of the molecule is CCOc1cc(C2C(C#N)=C(N)Oc3cc(OC(=O)C(C)Oc4ccc(F)cc4)ccc32)ccc1OCc1ccccc1Cl. The minimum Gasteiger partial charge on any atom is -0.490 e. The fraction of sp³-hybridized carbons (Fsp3) is 0.176. The van der Waals surface area contributed by atoms with Crippen LogP contribution in [0, 0.1) is 17.1 Å². The molecule has 2 N–H and O–H groups in total. The monoisotopic (exact) mass is 614 g/mol. The van der Waals surface area contributed by atoms with Crippen molar-refractivity contribution in [3.8, 4) is 34.8 Å². The van der Waals surface area contributed by atoms with Crippen LogP contribution in [0.25, 0.3) is 0 Å². The number of rotatable bonds is 10. The molecule has 0 fully saturated rings. The molecule has 0 saturated carbocycles. The largest absolute Gasteiger partial charge is 0.490 e. The Bertz CT molecular complexity index is 1750. The first-order chi connectivity index (χ1) is 21.3. The molecule has 2 unspecified atom stereocenters. The van der Waals surface area contributed by atoms with E-state index < -0.39 is 23.8 Å². The smallest absolute Gasteiger partial charge is 0.352 e. The zero-order valence-corrected chi connectivity index (χ0v) is 24.6. The van der Waals surface area contributed by atoms with Gasteiger partial charge in [0.25, 0.3) is 0 Å². The van der Waals surface area contributed by atoms with Crippen molar-refractivity contribution in [1.29, 1.82) is 5.26 Å². The van der Waals surface area contributed by atoms with Crippen molar-refractivity contribution in [3.05, 3.63) is 124 Å². The van der Waals surface area contributed by atoms with E-state index in [0.29, 0.717) is 45.8 Å². The first-order valence-corrected chi connectivity index (χ1v) is 14.1. The van der Waals surface area contributed by atoms with Gasteiger partial charge in [-0.2, -0.15) is 5.26 Å². The molecule has 1 heterocycles. The van der Waals surface area contributed by atoms with Crippen molar-refractivity contribution in [3.63, 3.8) is 0 Å². The number of carbonyl (C=O) groups excluding carboxylic acids is 1. The fourth-order valence-corrected chi connectivity index (χ4v) is 4.86. The van der Waals surface area contributed by atoms with Gasteiger partial charge in [-0.25, -0.2) is 9.18 Å². The van der Waals surface area contributed by atoms with Crippen LogP contribution in [0.4, 0.5) is 4.39 Å². The van der Waals surface area contributed by atoms with E-state index in [1.807, 2.05) is 31.2 Å². The summed E-state index contributed by atoms with van der Waals surface area (Å²) in [7, 11) is 0. The van der Waals surface area contributed by atoms with E-state index in [4.69, 9.17) is 41.0 Å². The molecule has 10 heteroatoms. The zero-order chi connectivity index (χ0) is 31.2. The summed E-state index contributed by atoms with van der Waals surface area (Å²) in [6.45, 7) is 4.01. The molecule has 8 nitrogen and oxygen atoms in total. The maximum absolute atomic E-state index is 13.2. The van der Waals surface area contributed by atoms with Crippen LogP contribution in [0.5, 0.6) is 28.7 Å². The van der Waals surface area contributed by atoms with Crippen molar-refractivity contribution in [2.45, 2.75) is 32.5 Å². The Labute approximate surface area is 258 Å². The maximum atomic E-state index is 13.2. The quantitative estimate of drug-likeness (QED) is 0.149. The van der Waals surface area contributed by atoms with E-state index >= 15 is 0 Å². The summed E-state index contributed by atoms with van der Waals surface area (Å²) < 4.78 is 42.0. The van der Waals surface area contributed by atoms with Crippen LogP contribution in [-0.2, 0) is 11.4 Å². The van der Waals surface area contributed by atoms with Gasteiger partial charge in [-0.3, -0.25) is 0 Å². The summed E-state index contributed by atoms with van der Waals surface area (Å²) in [4.78, 5) is 12.7. The van der Waals surface area contributed by atoms with Gasteiger partial charge < -0.3 is 29.4 Å². The van der Waals surface area contributed by atoms with Gasteiger partial charge in [-0.15, -0.1) is 0 Å². The molecule has 0 bridgehead atoms. The molecule has 2 atom stereocenters. The second-order valence-electron chi connectivity index (χ2n) is 9.78. The van der Waals surface area contributed by atoms with E-state index in [0.717, 1.165) is 5.56 Å². The molecule has 5 rings (SSSR count). The fourth-order valence-electron chi connectivity index (χ4n) is 4.67. The summed E-state index contributed by atoms with van der Waals surface area (Å²) >= 11 is 6.29. The minimum atomic E-state index is -0.976. The number of ether oxygens (including phenoxy) is 5. The number of hydrogen-bond donors (Lipinski definition) is 1. The molecular formula is C34H28ClFN2O6. The Hall–Kier alpha value is -5.20. The highest BCUT2D eigenvalue weighted by Crippen LogP contribution is 2.45. The van der Waals surface area contributed by atoms with E-state index in [9.17, 15) is 14.4 Å². The van der Waals surface area contributed by atoms with Crippen LogP contribution < -0.4 is 29.4 Å². The number of nitriles is 1. The number of benzene rings is 4. The second kappa shape index (κ2) is 13.4. The third-order valence-corrected chi connectivity index (χ3v) is 7.18. The lowest BCUT2D eigenvalue weighted by molar-refractivity contribution is -0.141. The molecule has 0 radical (unpaired) electrons. The lowest BCUT2D eigenvalue weighted by atomic mass is 9.83. The highest BCUT2D eigenvalue weighted by atomic mass is 35.5. The van der Waals surface area contributed by atoms with E-state index in [1.165, 1.54) is 37.3 Å². The molecule has 0 aliphatic carbocycles. The molecular weight excluding hydrogens is 587 g/mol. The van der Waals surface area contributed by atoms with Gasteiger partial charge in [0, 0.05) is 22.2 Å². The predicted octanol–water partition coefficient (Wildman–Crippen LogP) is 7.05. The number of carbonyl (C=O) groups is 1. The third kappa shape index (κ3) is 6.72. The van der Waals surface area contributed by atoms with Gasteiger partial charge in [-0.05, 0) is 67.9 Å². The Kier molecular flexibility index (Phi) is 9.22. The lowest BCUT2D eigenvalue weighted by Gasteiger charge is -2.27. The molecule has 4 aromatic carbocycles. The van der Waals surface area contributed by atoms with Gasteiger partial charge in [0.1, 0.15) is 41.3 Å². The van der Waals surface area contributed by atoms with E-state index in [2.05, 4.69) is 6.07 Å². The molecule has 224 valence electrons. The number of allylic oxidation sites excluding steroid dienone is 1. The number of nitrogens with two attached hydrogens (primary N) is 1. The van der Waals surface area contributed by atoms with Crippen LogP contribution >= 0.6 is 11.6 Å². The summed E-state index contributed by atoms with van der Waals surface area (Å²) in [6, 6.07) is 25.1. The lowest BCUT2D eigenvalue weighted by Crippen LogP contribution is -2.28. The van der Waals surface area contributed by atoms with Gasteiger partial charge in [-0.1, -0.05) is 41.9 Å². The Morgan fingerprint density at radius 2 is 1.77 bits per heavy atom. The number of fused-ring (bicyclic) bond motifs is 1. The second-order valence-corrected chi connectivity index (χ2v) is 10.2. The molecule has 0 aromatic heterocycles. The van der Waals surface area contributed by atoms with Crippen LogP contribution in [0.2, 0.25) is 5.02 Å². The number of esters is 1. The van der Waals surface area contributed by atoms with Crippen LogP contribution in [0.1, 0.15) is 36.5 Å². The van der Waals surface area contributed by atoms with Crippen molar-refractivity contribution < 1.29 is 32.9 Å². The average molecular weight is 615 g/mol. The van der Waals surface area contributed by atoms with Crippen molar-refractivity contribution in [1.82, 2.24) is 0 Å². The van der Waals surface area contributed by atoms with Gasteiger partial charge >= 0.3 is 5.97 Å². The Morgan fingerprint density at radius 3 is 2.50 bits per heavy atom. The number of nitrogens with zero attached hydrogens (tertiary/aromatic N) is 1. The molecule has 1 aliphatic heterocycles. The molecule has 4 aromatic rings. The van der Waals surface area contributed by atoms with Gasteiger partial charge in [0.15, 0.2) is 17.6 Å². The molecule has 1 aliphatic rings. The van der Waals surface area contributed by atoms with Crippen LogP contribution in [0.3, 0.4) is 0 Å². The predicted molar refractivity (Wildman–Crippen MR) is 161 cm³/mol. The zero-order valence-electron chi connectivity index (χ0n) is 23.9. The standard InChI is InChI=1S/C34H28ClFN2O6/c1-3-40-31-16-21(8-15-29(31)41-19-22-6-4-5-7-28(22)35)32-26-14-13-25(17-30(26)44-33(38)27(32)18-37)43-34(39)20(2)42-24-11-9-23(36)10-12-24/h4-17,20,32H,3,19,38H2,1-2H3. The highest BCUT2D eigenvalue weighted by molar-refractivity contribution is 6.31. The van der Waals surface area contributed by atoms with Crippen molar-refractivity contribution in [2.75, 3.05) is 6.61 Å². The van der Waals surface area contributed by atoms with E-state index in [-0.39, 0.29) is 23.8 Å². The van der Waals surface area contributed by atoms with Gasteiger partial charge in [0.05, 0.1) is 12.5 Å².